The summed E-state index contributed by atoms with van der Waals surface area (Å²) in [6, 6.07) is 8.54. The minimum atomic E-state index is -0.320. The van der Waals surface area contributed by atoms with Crippen molar-refractivity contribution in [2.75, 3.05) is 20.1 Å². The van der Waals surface area contributed by atoms with Crippen molar-refractivity contribution < 1.29 is 5.11 Å². The number of likely N-dealkylation sites (N-methyl/N-ethyl adjacent to an activating group) is 1. The molecule has 3 nitrogen and oxygen atoms in total. The largest absolute Gasteiger partial charge is 0.390 e. The molecule has 1 atom stereocenters. The highest BCUT2D eigenvalue weighted by Crippen LogP contribution is 2.05. The summed E-state index contributed by atoms with van der Waals surface area (Å²) in [6.07, 6.45) is 0.746. The highest BCUT2D eigenvalue weighted by atomic mass is 16.3. The summed E-state index contributed by atoms with van der Waals surface area (Å²) in [5.41, 5.74) is 2.63. The minimum absolute atomic E-state index is 0.320. The molecule has 0 radical (unpaired) electrons. The van der Waals surface area contributed by atoms with E-state index in [1.54, 1.807) is 0 Å². The standard InChI is InChI=1S/C13H22N2O/c1-3-11-5-4-6-12(7-11)8-15-10-13(16)9-14-2/h4-7,13-16H,3,8-10H2,1-2H3. The lowest BCUT2D eigenvalue weighted by Gasteiger charge is -2.11. The molecule has 0 aliphatic rings. The molecular weight excluding hydrogens is 200 g/mol. The number of hydrogen-bond donors (Lipinski definition) is 3. The van der Waals surface area contributed by atoms with Gasteiger partial charge in [0.05, 0.1) is 6.10 Å². The average Bonchev–Trinajstić information content (AvgIpc) is 2.30. The Labute approximate surface area is 97.9 Å². The van der Waals surface area contributed by atoms with Gasteiger partial charge in [0.15, 0.2) is 0 Å². The van der Waals surface area contributed by atoms with Gasteiger partial charge in [-0.25, -0.2) is 0 Å². The Bertz CT molecular complexity index is 302. The van der Waals surface area contributed by atoms with Crippen LogP contribution in [0.15, 0.2) is 24.3 Å². The topological polar surface area (TPSA) is 44.3 Å². The fraction of sp³-hybridized carbons (Fsp3) is 0.538. The van der Waals surface area contributed by atoms with E-state index in [1.807, 2.05) is 7.05 Å². The molecule has 0 aliphatic heterocycles. The van der Waals surface area contributed by atoms with Crippen molar-refractivity contribution in [3.63, 3.8) is 0 Å². The van der Waals surface area contributed by atoms with E-state index >= 15 is 0 Å². The maximum Gasteiger partial charge on any atom is 0.0788 e. The molecule has 0 fully saturated rings. The first kappa shape index (κ1) is 13.2. The van der Waals surface area contributed by atoms with E-state index in [0.717, 1.165) is 13.0 Å². The van der Waals surface area contributed by atoms with E-state index in [9.17, 15) is 5.11 Å². The van der Waals surface area contributed by atoms with Crippen LogP contribution in [0.3, 0.4) is 0 Å². The van der Waals surface area contributed by atoms with Crippen molar-refractivity contribution >= 4 is 0 Å². The first-order chi connectivity index (χ1) is 7.76. The second-order valence-electron chi connectivity index (χ2n) is 4.02. The van der Waals surface area contributed by atoms with E-state index in [4.69, 9.17) is 0 Å². The molecule has 0 aliphatic carbocycles. The summed E-state index contributed by atoms with van der Waals surface area (Å²) in [5, 5.41) is 15.7. The molecular formula is C13H22N2O. The molecule has 0 bridgehead atoms. The molecule has 0 spiro atoms. The molecule has 0 saturated heterocycles. The first-order valence-electron chi connectivity index (χ1n) is 5.87. The molecule has 3 heteroatoms. The highest BCUT2D eigenvalue weighted by molar-refractivity contribution is 5.23. The molecule has 3 N–H and O–H groups in total. The van der Waals surface area contributed by atoms with Crippen LogP contribution < -0.4 is 10.6 Å². The van der Waals surface area contributed by atoms with Crippen molar-refractivity contribution in [3.05, 3.63) is 35.4 Å². The van der Waals surface area contributed by atoms with Crippen molar-refractivity contribution in [3.8, 4) is 0 Å². The second-order valence-corrected chi connectivity index (χ2v) is 4.02. The maximum absolute atomic E-state index is 9.50. The summed E-state index contributed by atoms with van der Waals surface area (Å²) in [5.74, 6) is 0. The number of benzene rings is 1. The number of aliphatic hydroxyl groups is 1. The van der Waals surface area contributed by atoms with Gasteiger partial charge in [-0.15, -0.1) is 0 Å². The molecule has 0 amide bonds. The van der Waals surface area contributed by atoms with Crippen LogP contribution in [0, 0.1) is 0 Å². The van der Waals surface area contributed by atoms with Gasteiger partial charge in [-0.1, -0.05) is 31.2 Å². The van der Waals surface area contributed by atoms with Gasteiger partial charge in [-0.3, -0.25) is 0 Å². The number of nitrogens with one attached hydrogen (secondary N) is 2. The van der Waals surface area contributed by atoms with Crippen LogP contribution in [0.4, 0.5) is 0 Å². The predicted octanol–water partition coefficient (Wildman–Crippen LogP) is 0.919. The zero-order valence-electron chi connectivity index (χ0n) is 10.2. The van der Waals surface area contributed by atoms with Crippen LogP contribution >= 0.6 is 0 Å². The Hall–Kier alpha value is -0.900. The average molecular weight is 222 g/mol. The first-order valence-corrected chi connectivity index (χ1v) is 5.87. The zero-order chi connectivity index (χ0) is 11.8. The normalized spacial score (nSPS) is 12.7. The molecule has 1 aromatic carbocycles. The van der Waals surface area contributed by atoms with Crippen LogP contribution in [0.2, 0.25) is 0 Å². The van der Waals surface area contributed by atoms with E-state index in [-0.39, 0.29) is 6.10 Å². The molecule has 0 heterocycles. The summed E-state index contributed by atoms with van der Waals surface area (Å²) in [7, 11) is 1.84. The third-order valence-electron chi connectivity index (χ3n) is 2.55. The van der Waals surface area contributed by atoms with Crippen LogP contribution in [-0.2, 0) is 13.0 Å². The predicted molar refractivity (Wildman–Crippen MR) is 67.5 cm³/mol. The summed E-state index contributed by atoms with van der Waals surface area (Å²) < 4.78 is 0. The van der Waals surface area contributed by atoms with Crippen molar-refractivity contribution in [1.29, 1.82) is 0 Å². The van der Waals surface area contributed by atoms with Gasteiger partial charge in [-0.2, -0.15) is 0 Å². The Morgan fingerprint density at radius 1 is 1.25 bits per heavy atom. The monoisotopic (exact) mass is 222 g/mol. The molecule has 0 saturated carbocycles. The minimum Gasteiger partial charge on any atom is -0.390 e. The molecule has 0 aromatic heterocycles. The smallest absolute Gasteiger partial charge is 0.0788 e. The van der Waals surface area contributed by atoms with Crippen LogP contribution in [0.1, 0.15) is 18.1 Å². The lowest BCUT2D eigenvalue weighted by molar-refractivity contribution is 0.171. The zero-order valence-corrected chi connectivity index (χ0v) is 10.2. The van der Waals surface area contributed by atoms with Crippen molar-refractivity contribution in [1.82, 2.24) is 10.6 Å². The van der Waals surface area contributed by atoms with Gasteiger partial charge in [0.2, 0.25) is 0 Å². The third-order valence-corrected chi connectivity index (χ3v) is 2.55. The fourth-order valence-electron chi connectivity index (χ4n) is 1.65. The van der Waals surface area contributed by atoms with Gasteiger partial charge >= 0.3 is 0 Å². The lowest BCUT2D eigenvalue weighted by Crippen LogP contribution is -2.33. The lowest BCUT2D eigenvalue weighted by atomic mass is 10.1. The third kappa shape index (κ3) is 4.75. The summed E-state index contributed by atoms with van der Waals surface area (Å²) >= 11 is 0. The Balaban J connectivity index is 2.31. The van der Waals surface area contributed by atoms with Crippen LogP contribution in [0.5, 0.6) is 0 Å². The van der Waals surface area contributed by atoms with E-state index < -0.39 is 0 Å². The summed E-state index contributed by atoms with van der Waals surface area (Å²) in [6.45, 7) is 4.22. The van der Waals surface area contributed by atoms with Gasteiger partial charge in [0.25, 0.3) is 0 Å². The fourth-order valence-corrected chi connectivity index (χ4v) is 1.65. The quantitative estimate of drug-likeness (QED) is 0.643. The molecule has 16 heavy (non-hydrogen) atoms. The molecule has 1 aromatic rings. The number of aryl methyl sites for hydroxylation is 1. The van der Waals surface area contributed by atoms with Gasteiger partial charge < -0.3 is 15.7 Å². The Kier molecular flexibility index (Phi) is 6.08. The number of rotatable bonds is 7. The maximum atomic E-state index is 9.50. The van der Waals surface area contributed by atoms with Crippen molar-refractivity contribution in [2.24, 2.45) is 0 Å². The molecule has 1 rings (SSSR count). The van der Waals surface area contributed by atoms with E-state index in [2.05, 4.69) is 41.8 Å². The highest BCUT2D eigenvalue weighted by Gasteiger charge is 2.01. The second kappa shape index (κ2) is 7.39. The Morgan fingerprint density at radius 2 is 2.00 bits per heavy atom. The van der Waals surface area contributed by atoms with E-state index in [0.29, 0.717) is 13.1 Å². The number of hydrogen-bond acceptors (Lipinski definition) is 3. The molecule has 1 unspecified atom stereocenters. The summed E-state index contributed by atoms with van der Waals surface area (Å²) in [4.78, 5) is 0. The van der Waals surface area contributed by atoms with Gasteiger partial charge in [0.1, 0.15) is 0 Å². The SMILES string of the molecule is CCc1cccc(CNCC(O)CNC)c1. The number of aliphatic hydroxyl groups excluding tert-OH is 1. The van der Waals surface area contributed by atoms with Crippen LogP contribution in [-0.4, -0.2) is 31.3 Å². The Morgan fingerprint density at radius 3 is 2.69 bits per heavy atom. The van der Waals surface area contributed by atoms with Crippen molar-refractivity contribution in [2.45, 2.75) is 26.0 Å². The van der Waals surface area contributed by atoms with Gasteiger partial charge in [0, 0.05) is 19.6 Å². The van der Waals surface area contributed by atoms with E-state index in [1.165, 1.54) is 11.1 Å². The van der Waals surface area contributed by atoms with Crippen LogP contribution in [0.25, 0.3) is 0 Å². The molecule has 90 valence electrons. The van der Waals surface area contributed by atoms with Gasteiger partial charge in [-0.05, 0) is 24.6 Å².